The van der Waals surface area contributed by atoms with Crippen LogP contribution in [0.5, 0.6) is 0 Å². The van der Waals surface area contributed by atoms with Crippen LogP contribution in [0.2, 0.25) is 0 Å². The van der Waals surface area contributed by atoms with Crippen LogP contribution in [0.4, 0.5) is 0 Å². The molecule has 0 aliphatic heterocycles. The molecule has 1 amide bonds. The molecule has 0 fully saturated rings. The van der Waals surface area contributed by atoms with Crippen LogP contribution in [0.1, 0.15) is 13.3 Å². The maximum absolute atomic E-state index is 10.7. The van der Waals surface area contributed by atoms with Gasteiger partial charge in [0, 0.05) is 5.75 Å². The first-order chi connectivity index (χ1) is 6.61. The highest BCUT2D eigenvalue weighted by atomic mass is 32.2. The summed E-state index contributed by atoms with van der Waals surface area (Å²) in [5, 5.41) is 19.3. The highest BCUT2D eigenvalue weighted by Crippen LogP contribution is 2.04. The number of aliphatic hydroxyl groups is 1. The molecule has 5 nitrogen and oxygen atoms in total. The second kappa shape index (κ2) is 7.64. The van der Waals surface area contributed by atoms with Crippen molar-refractivity contribution >= 4 is 23.6 Å². The fraction of sp³-hybridized carbons (Fsp3) is 0.750. The first kappa shape index (κ1) is 13.2. The molecule has 1 atom stereocenters. The fourth-order valence-corrected chi connectivity index (χ4v) is 1.68. The maximum atomic E-state index is 10.7. The summed E-state index contributed by atoms with van der Waals surface area (Å²) in [6.45, 7) is 1.32. The molecule has 0 aliphatic rings. The van der Waals surface area contributed by atoms with Crippen LogP contribution in [0.25, 0.3) is 0 Å². The van der Waals surface area contributed by atoms with E-state index >= 15 is 0 Å². The van der Waals surface area contributed by atoms with E-state index in [1.54, 1.807) is 0 Å². The third-order valence-corrected chi connectivity index (χ3v) is 2.68. The average Bonchev–Trinajstić information content (AvgIpc) is 2.16. The number of nitrogens with one attached hydrogen (secondary N) is 1. The van der Waals surface area contributed by atoms with Crippen molar-refractivity contribution in [2.45, 2.75) is 19.4 Å². The predicted molar refractivity (Wildman–Crippen MR) is 54.3 cm³/mol. The molecule has 0 aromatic carbocycles. The molecular weight excluding hydrogens is 206 g/mol. The van der Waals surface area contributed by atoms with E-state index in [4.69, 9.17) is 10.2 Å². The monoisotopic (exact) mass is 221 g/mol. The highest BCUT2D eigenvalue weighted by molar-refractivity contribution is 7.99. The molecule has 1 unspecified atom stereocenters. The van der Waals surface area contributed by atoms with Gasteiger partial charge in [0.25, 0.3) is 0 Å². The zero-order valence-electron chi connectivity index (χ0n) is 8.02. The summed E-state index contributed by atoms with van der Waals surface area (Å²) in [4.78, 5) is 21.4. The molecular formula is C8H15NO4S. The number of carbonyl (C=O) groups is 2. The molecule has 0 heterocycles. The summed E-state index contributed by atoms with van der Waals surface area (Å²) < 4.78 is 0. The summed E-state index contributed by atoms with van der Waals surface area (Å²) in [6.07, 6.45) is 0.963. The van der Waals surface area contributed by atoms with E-state index < -0.39 is 24.5 Å². The molecule has 82 valence electrons. The largest absolute Gasteiger partial charge is 0.480 e. The topological polar surface area (TPSA) is 86.6 Å². The average molecular weight is 221 g/mol. The van der Waals surface area contributed by atoms with Crippen LogP contribution in [0.3, 0.4) is 0 Å². The van der Waals surface area contributed by atoms with Crippen molar-refractivity contribution in [3.05, 3.63) is 0 Å². The van der Waals surface area contributed by atoms with E-state index in [9.17, 15) is 9.59 Å². The second-order valence-electron chi connectivity index (χ2n) is 2.69. The summed E-state index contributed by atoms with van der Waals surface area (Å²) in [5.41, 5.74) is 0. The Morgan fingerprint density at radius 2 is 2.14 bits per heavy atom. The van der Waals surface area contributed by atoms with Gasteiger partial charge >= 0.3 is 5.97 Å². The molecule has 0 saturated carbocycles. The van der Waals surface area contributed by atoms with Gasteiger partial charge in [-0.25, -0.2) is 4.79 Å². The Labute approximate surface area is 86.9 Å². The number of aliphatic hydroxyl groups excluding tert-OH is 1. The predicted octanol–water partition coefficient (Wildman–Crippen LogP) is -0.309. The summed E-state index contributed by atoms with van der Waals surface area (Å²) in [6, 6.07) is -0.911. The van der Waals surface area contributed by atoms with Gasteiger partial charge in [-0.05, 0) is 12.2 Å². The third-order valence-electron chi connectivity index (χ3n) is 1.41. The molecule has 0 spiro atoms. The van der Waals surface area contributed by atoms with Crippen molar-refractivity contribution in [2.75, 3.05) is 18.1 Å². The summed E-state index contributed by atoms with van der Waals surface area (Å²) >= 11 is 1.46. The number of aliphatic carboxylic acids is 1. The Kier molecular flexibility index (Phi) is 7.23. The van der Waals surface area contributed by atoms with Crippen molar-refractivity contribution in [3.63, 3.8) is 0 Å². The smallest absolute Gasteiger partial charge is 0.327 e. The molecule has 0 saturated heterocycles. The zero-order chi connectivity index (χ0) is 11.0. The normalized spacial score (nSPS) is 12.1. The van der Waals surface area contributed by atoms with Gasteiger partial charge in [0.15, 0.2) is 0 Å². The Morgan fingerprint density at radius 3 is 2.57 bits per heavy atom. The molecule has 3 N–H and O–H groups in total. The lowest BCUT2D eigenvalue weighted by atomic mass is 10.3. The number of amides is 1. The van der Waals surface area contributed by atoms with Crippen molar-refractivity contribution in [3.8, 4) is 0 Å². The third kappa shape index (κ3) is 5.82. The lowest BCUT2D eigenvalue weighted by molar-refractivity contribution is -0.141. The number of carboxylic acids is 1. The van der Waals surface area contributed by atoms with Gasteiger partial charge in [-0.15, -0.1) is 0 Å². The Balaban J connectivity index is 3.90. The van der Waals surface area contributed by atoms with Gasteiger partial charge in [-0.2, -0.15) is 11.8 Å². The van der Waals surface area contributed by atoms with E-state index in [2.05, 4.69) is 5.32 Å². The molecule has 0 aromatic heterocycles. The van der Waals surface area contributed by atoms with Crippen LogP contribution < -0.4 is 5.32 Å². The van der Waals surface area contributed by atoms with Gasteiger partial charge in [0.1, 0.15) is 12.6 Å². The minimum absolute atomic E-state index is 0.328. The number of carboxylic acid groups (broad SMARTS) is 1. The molecule has 0 aliphatic carbocycles. The summed E-state index contributed by atoms with van der Waals surface area (Å²) in [7, 11) is 0. The highest BCUT2D eigenvalue weighted by Gasteiger charge is 2.18. The van der Waals surface area contributed by atoms with Crippen molar-refractivity contribution < 1.29 is 19.8 Å². The molecule has 0 aromatic rings. The van der Waals surface area contributed by atoms with Crippen LogP contribution >= 0.6 is 11.8 Å². The number of hydrogen-bond donors (Lipinski definition) is 3. The van der Waals surface area contributed by atoms with Gasteiger partial charge in [-0.1, -0.05) is 6.92 Å². The number of thioether (sulfide) groups is 1. The fourth-order valence-electron chi connectivity index (χ4n) is 0.760. The van der Waals surface area contributed by atoms with E-state index in [0.717, 1.165) is 12.2 Å². The second-order valence-corrected chi connectivity index (χ2v) is 3.84. The number of rotatable bonds is 7. The molecule has 0 radical (unpaired) electrons. The lowest BCUT2D eigenvalue weighted by Crippen LogP contribution is -2.43. The van der Waals surface area contributed by atoms with E-state index in [1.165, 1.54) is 11.8 Å². The molecule has 6 heteroatoms. The molecule has 0 bridgehead atoms. The molecule has 0 rings (SSSR count). The number of hydrogen-bond acceptors (Lipinski definition) is 4. The van der Waals surface area contributed by atoms with E-state index in [0.29, 0.717) is 5.75 Å². The van der Waals surface area contributed by atoms with Crippen molar-refractivity contribution in [1.82, 2.24) is 5.32 Å². The Hall–Kier alpha value is -0.750. The SMILES string of the molecule is CCCSCC(NC(=O)CO)C(=O)O. The lowest BCUT2D eigenvalue weighted by Gasteiger charge is -2.12. The Bertz CT molecular complexity index is 198. The standard InChI is InChI=1S/C8H15NO4S/c1-2-3-14-5-6(8(12)13)9-7(11)4-10/h6,10H,2-5H2,1H3,(H,9,11)(H,12,13). The van der Waals surface area contributed by atoms with Crippen molar-refractivity contribution in [1.29, 1.82) is 0 Å². The maximum Gasteiger partial charge on any atom is 0.327 e. The quantitative estimate of drug-likeness (QED) is 0.513. The zero-order valence-corrected chi connectivity index (χ0v) is 8.84. The molecule has 14 heavy (non-hydrogen) atoms. The van der Waals surface area contributed by atoms with E-state index in [-0.39, 0.29) is 0 Å². The van der Waals surface area contributed by atoms with Crippen LogP contribution in [-0.2, 0) is 9.59 Å². The van der Waals surface area contributed by atoms with E-state index in [1.807, 2.05) is 6.92 Å². The summed E-state index contributed by atoms with van der Waals surface area (Å²) in [5.74, 6) is -0.543. The van der Waals surface area contributed by atoms with Gasteiger partial charge < -0.3 is 15.5 Å². The minimum atomic E-state index is -1.07. The van der Waals surface area contributed by atoms with Crippen molar-refractivity contribution in [2.24, 2.45) is 0 Å². The van der Waals surface area contributed by atoms with Crippen LogP contribution in [0.15, 0.2) is 0 Å². The van der Waals surface area contributed by atoms with Gasteiger partial charge in [-0.3, -0.25) is 4.79 Å². The van der Waals surface area contributed by atoms with Crippen LogP contribution in [-0.4, -0.2) is 46.2 Å². The first-order valence-corrected chi connectivity index (χ1v) is 5.48. The van der Waals surface area contributed by atoms with Gasteiger partial charge in [0.05, 0.1) is 0 Å². The Morgan fingerprint density at radius 1 is 1.50 bits per heavy atom. The van der Waals surface area contributed by atoms with Gasteiger partial charge in [0.2, 0.25) is 5.91 Å². The minimum Gasteiger partial charge on any atom is -0.480 e. The van der Waals surface area contributed by atoms with Crippen LogP contribution in [0, 0.1) is 0 Å². The number of carbonyl (C=O) groups excluding carboxylic acids is 1. The first-order valence-electron chi connectivity index (χ1n) is 4.32.